The van der Waals surface area contributed by atoms with Crippen molar-refractivity contribution in [3.8, 4) is 6.07 Å². The third-order valence-electron chi connectivity index (χ3n) is 5.05. The van der Waals surface area contributed by atoms with Crippen LogP contribution in [0.1, 0.15) is 23.2 Å². The van der Waals surface area contributed by atoms with Gasteiger partial charge in [0.2, 0.25) is 0 Å². The fourth-order valence-electron chi connectivity index (χ4n) is 3.91. The molecule has 4 rings (SSSR count). The fraction of sp³-hybridized carbons (Fsp3) is 0.421. The first kappa shape index (κ1) is 15.1. The van der Waals surface area contributed by atoms with Crippen molar-refractivity contribution in [1.82, 2.24) is 9.88 Å². The number of nitriles is 1. The quantitative estimate of drug-likeness (QED) is 0.877. The third kappa shape index (κ3) is 2.26. The number of morpholine rings is 1. The highest BCUT2D eigenvalue weighted by Crippen LogP contribution is 2.37. The van der Waals surface area contributed by atoms with Gasteiger partial charge in [0, 0.05) is 31.6 Å². The maximum absolute atomic E-state index is 9.48. The van der Waals surface area contributed by atoms with Crippen LogP contribution < -0.4 is 10.2 Å². The standard InChI is InChI=1S/C19H22N4O/c1-13-16-10-15(12-20)11-17(22-6-8-24-9-7-22)19(16)23-5-3-4-21-14(2)18(13)23/h10-11,21H,2-9H2,1H3. The summed E-state index contributed by atoms with van der Waals surface area (Å²) in [5.74, 6) is 0. The lowest BCUT2D eigenvalue weighted by Crippen LogP contribution is -2.36. The predicted molar refractivity (Wildman–Crippen MR) is 96.1 cm³/mol. The molecule has 0 saturated carbocycles. The summed E-state index contributed by atoms with van der Waals surface area (Å²) in [6, 6.07) is 6.37. The van der Waals surface area contributed by atoms with Gasteiger partial charge in [-0.2, -0.15) is 5.26 Å². The first-order chi connectivity index (χ1) is 11.7. The van der Waals surface area contributed by atoms with Gasteiger partial charge < -0.3 is 19.5 Å². The molecular formula is C19H22N4O. The zero-order valence-corrected chi connectivity index (χ0v) is 14.1. The topological polar surface area (TPSA) is 53.2 Å². The largest absolute Gasteiger partial charge is 0.384 e. The molecule has 3 heterocycles. The van der Waals surface area contributed by atoms with E-state index in [1.165, 1.54) is 16.8 Å². The highest BCUT2D eigenvalue weighted by Gasteiger charge is 2.24. The molecule has 2 aliphatic rings. The van der Waals surface area contributed by atoms with Crippen LogP contribution in [0.15, 0.2) is 18.7 Å². The lowest BCUT2D eigenvalue weighted by Gasteiger charge is -2.30. The Morgan fingerprint density at radius 3 is 2.79 bits per heavy atom. The van der Waals surface area contributed by atoms with Crippen molar-refractivity contribution >= 4 is 22.3 Å². The molecule has 124 valence electrons. The molecule has 0 spiro atoms. The molecule has 1 fully saturated rings. The predicted octanol–water partition coefficient (Wildman–Crippen LogP) is 2.62. The lowest BCUT2D eigenvalue weighted by atomic mass is 10.1. The zero-order chi connectivity index (χ0) is 16.7. The van der Waals surface area contributed by atoms with Crippen LogP contribution in [0.4, 0.5) is 5.69 Å². The van der Waals surface area contributed by atoms with Gasteiger partial charge in [0.25, 0.3) is 0 Å². The summed E-state index contributed by atoms with van der Waals surface area (Å²) in [5.41, 5.74) is 6.45. The number of aryl methyl sites for hydroxylation is 2. The summed E-state index contributed by atoms with van der Waals surface area (Å²) in [6.07, 6.45) is 1.07. The summed E-state index contributed by atoms with van der Waals surface area (Å²) >= 11 is 0. The lowest BCUT2D eigenvalue weighted by molar-refractivity contribution is 0.123. The number of nitrogens with one attached hydrogen (secondary N) is 1. The normalized spacial score (nSPS) is 18.0. The second kappa shape index (κ2) is 5.88. The van der Waals surface area contributed by atoms with Crippen molar-refractivity contribution in [3.63, 3.8) is 0 Å². The van der Waals surface area contributed by atoms with Gasteiger partial charge in [-0.1, -0.05) is 6.58 Å². The molecule has 1 N–H and O–H groups in total. The summed E-state index contributed by atoms with van der Waals surface area (Å²) in [5, 5.41) is 14.1. The van der Waals surface area contributed by atoms with Crippen LogP contribution in [-0.2, 0) is 11.3 Å². The van der Waals surface area contributed by atoms with E-state index in [2.05, 4.69) is 34.4 Å². The number of benzene rings is 1. The van der Waals surface area contributed by atoms with Crippen LogP contribution in [0.5, 0.6) is 0 Å². The van der Waals surface area contributed by atoms with Gasteiger partial charge in [-0.15, -0.1) is 0 Å². The zero-order valence-electron chi connectivity index (χ0n) is 14.1. The number of hydrogen-bond donors (Lipinski definition) is 1. The molecule has 1 aromatic carbocycles. The number of anilines is 1. The second-order valence-corrected chi connectivity index (χ2v) is 6.49. The van der Waals surface area contributed by atoms with E-state index in [1.54, 1.807) is 0 Å². The maximum Gasteiger partial charge on any atom is 0.0992 e. The first-order valence-corrected chi connectivity index (χ1v) is 8.53. The fourth-order valence-corrected chi connectivity index (χ4v) is 3.91. The van der Waals surface area contributed by atoms with Crippen LogP contribution in [0.2, 0.25) is 0 Å². The van der Waals surface area contributed by atoms with E-state index in [9.17, 15) is 5.26 Å². The number of nitrogens with zero attached hydrogens (tertiary/aromatic N) is 3. The Balaban J connectivity index is 2.02. The minimum atomic E-state index is 0.714. The number of ether oxygens (including phenoxy) is 1. The van der Waals surface area contributed by atoms with E-state index in [1.807, 2.05) is 12.1 Å². The molecule has 5 nitrogen and oxygen atoms in total. The molecule has 2 aromatic rings. The molecule has 0 aliphatic carbocycles. The minimum absolute atomic E-state index is 0.714. The van der Waals surface area contributed by atoms with Gasteiger partial charge in [0.15, 0.2) is 0 Å². The average Bonchev–Trinajstić information content (AvgIpc) is 2.77. The average molecular weight is 322 g/mol. The Kier molecular flexibility index (Phi) is 3.70. The maximum atomic E-state index is 9.48. The third-order valence-corrected chi connectivity index (χ3v) is 5.05. The molecule has 2 aliphatic heterocycles. The molecule has 0 unspecified atom stereocenters. The van der Waals surface area contributed by atoms with Crippen LogP contribution in [0.25, 0.3) is 16.6 Å². The summed E-state index contributed by atoms with van der Waals surface area (Å²) in [4.78, 5) is 2.35. The Bertz CT molecular complexity index is 853. The Morgan fingerprint density at radius 2 is 2.04 bits per heavy atom. The Morgan fingerprint density at radius 1 is 1.25 bits per heavy atom. The molecule has 0 atom stereocenters. The highest BCUT2D eigenvalue weighted by molar-refractivity contribution is 5.99. The van der Waals surface area contributed by atoms with Gasteiger partial charge >= 0.3 is 0 Å². The molecule has 0 amide bonds. The van der Waals surface area contributed by atoms with E-state index in [-0.39, 0.29) is 0 Å². The van der Waals surface area contributed by atoms with Crippen LogP contribution in [0.3, 0.4) is 0 Å². The molecule has 24 heavy (non-hydrogen) atoms. The van der Waals surface area contributed by atoms with Gasteiger partial charge in [0.05, 0.1) is 47.4 Å². The van der Waals surface area contributed by atoms with Crippen LogP contribution >= 0.6 is 0 Å². The van der Waals surface area contributed by atoms with Crippen molar-refractivity contribution in [3.05, 3.63) is 35.5 Å². The van der Waals surface area contributed by atoms with Crippen LogP contribution in [0, 0.1) is 18.3 Å². The van der Waals surface area contributed by atoms with E-state index < -0.39 is 0 Å². The van der Waals surface area contributed by atoms with Crippen molar-refractivity contribution in [1.29, 1.82) is 5.26 Å². The summed E-state index contributed by atoms with van der Waals surface area (Å²) in [6.45, 7) is 11.5. The monoisotopic (exact) mass is 322 g/mol. The van der Waals surface area contributed by atoms with E-state index in [0.717, 1.165) is 62.6 Å². The molecule has 5 heteroatoms. The molecule has 0 radical (unpaired) electrons. The highest BCUT2D eigenvalue weighted by atomic mass is 16.5. The number of fused-ring (bicyclic) bond motifs is 3. The SMILES string of the molecule is C=C1NCCCn2c1c(C)c1cc(C#N)cc(N3CCOCC3)c12. The van der Waals surface area contributed by atoms with Gasteiger partial charge in [0.1, 0.15) is 0 Å². The minimum Gasteiger partial charge on any atom is -0.384 e. The van der Waals surface area contributed by atoms with E-state index in [4.69, 9.17) is 4.74 Å². The number of rotatable bonds is 1. The molecule has 1 saturated heterocycles. The van der Waals surface area contributed by atoms with Crippen LogP contribution in [-0.4, -0.2) is 37.4 Å². The van der Waals surface area contributed by atoms with Crippen molar-refractivity contribution in [2.75, 3.05) is 37.7 Å². The number of hydrogen-bond acceptors (Lipinski definition) is 4. The first-order valence-electron chi connectivity index (χ1n) is 8.53. The van der Waals surface area contributed by atoms with Gasteiger partial charge in [-0.25, -0.2) is 0 Å². The molecular weight excluding hydrogens is 300 g/mol. The summed E-state index contributed by atoms with van der Waals surface area (Å²) in [7, 11) is 0. The van der Waals surface area contributed by atoms with Gasteiger partial charge in [-0.3, -0.25) is 0 Å². The van der Waals surface area contributed by atoms with E-state index in [0.29, 0.717) is 5.56 Å². The van der Waals surface area contributed by atoms with Crippen molar-refractivity contribution in [2.45, 2.75) is 19.9 Å². The second-order valence-electron chi connectivity index (χ2n) is 6.49. The Hall–Kier alpha value is -2.45. The molecule has 1 aromatic heterocycles. The molecule has 0 bridgehead atoms. The Labute approximate surface area is 142 Å². The van der Waals surface area contributed by atoms with Crippen molar-refractivity contribution in [2.24, 2.45) is 0 Å². The smallest absolute Gasteiger partial charge is 0.0992 e. The van der Waals surface area contributed by atoms with Gasteiger partial charge in [-0.05, 0) is 31.0 Å². The number of aromatic nitrogens is 1. The van der Waals surface area contributed by atoms with E-state index >= 15 is 0 Å². The van der Waals surface area contributed by atoms with Crippen molar-refractivity contribution < 1.29 is 4.74 Å². The summed E-state index contributed by atoms with van der Waals surface area (Å²) < 4.78 is 7.89.